The van der Waals surface area contributed by atoms with Crippen LogP contribution < -0.4 is 26.0 Å². The summed E-state index contributed by atoms with van der Waals surface area (Å²) in [5, 5.41) is 33.0. The van der Waals surface area contributed by atoms with Crippen molar-refractivity contribution in [3.63, 3.8) is 0 Å². The van der Waals surface area contributed by atoms with Gasteiger partial charge in [0.15, 0.2) is 0 Å². The van der Waals surface area contributed by atoms with E-state index in [4.69, 9.17) is 23.4 Å². The van der Waals surface area contributed by atoms with Crippen molar-refractivity contribution in [3.8, 4) is 5.75 Å². The van der Waals surface area contributed by atoms with Crippen LogP contribution in [-0.2, 0) is 65.8 Å². The van der Waals surface area contributed by atoms with Gasteiger partial charge in [0.1, 0.15) is 41.7 Å². The highest BCUT2D eigenvalue weighted by atomic mass is 32.2. The van der Waals surface area contributed by atoms with Crippen molar-refractivity contribution in [1.82, 2.24) is 35.6 Å². The number of hydrogen-bond acceptors (Lipinski definition) is 18. The van der Waals surface area contributed by atoms with Gasteiger partial charge in [-0.15, -0.1) is 0 Å². The van der Waals surface area contributed by atoms with Crippen molar-refractivity contribution < 1.29 is 76.5 Å². The third-order valence-corrected chi connectivity index (χ3v) is 18.1. The second-order valence-electron chi connectivity index (χ2n) is 24.4. The summed E-state index contributed by atoms with van der Waals surface area (Å²) >= 11 is 1.34. The molecule has 5 rings (SSSR count). The Morgan fingerprint density at radius 2 is 1.57 bits per heavy atom. The number of ether oxygens (including phenoxy) is 4. The van der Waals surface area contributed by atoms with Gasteiger partial charge >= 0.3 is 12.0 Å². The minimum absolute atomic E-state index is 0.0850. The van der Waals surface area contributed by atoms with E-state index in [-0.39, 0.29) is 91.0 Å². The first-order chi connectivity index (χ1) is 43.7. The Hall–Kier alpha value is -7.62. The van der Waals surface area contributed by atoms with Gasteiger partial charge in [-0.05, 0) is 85.9 Å². The Morgan fingerprint density at radius 1 is 0.859 bits per heavy atom. The predicted molar refractivity (Wildman–Crippen MR) is 343 cm³/mol. The molecule has 508 valence electrons. The fraction of sp³-hybridized carbons (Fsp3) is 0.615. The van der Waals surface area contributed by atoms with Crippen LogP contribution in [0.4, 0.5) is 16.4 Å². The molecule has 5 N–H and O–H groups in total. The number of likely N-dealkylation sites (tertiary alicyclic amines) is 2. The van der Waals surface area contributed by atoms with Crippen LogP contribution in [0.15, 0.2) is 65.1 Å². The van der Waals surface area contributed by atoms with Gasteiger partial charge in [-0.3, -0.25) is 58.3 Å². The van der Waals surface area contributed by atoms with E-state index in [1.54, 1.807) is 77.9 Å². The molecular weight excluding hydrogens is 1210 g/mol. The second kappa shape index (κ2) is 36.0. The zero-order valence-electron chi connectivity index (χ0n) is 55.3. The third-order valence-electron chi connectivity index (χ3n) is 17.2. The fourth-order valence-electron chi connectivity index (χ4n) is 11.8. The highest BCUT2D eigenvalue weighted by molar-refractivity contribution is 8.00. The Balaban J connectivity index is 1.22. The van der Waals surface area contributed by atoms with Crippen LogP contribution in [-0.4, -0.2) is 185 Å². The molecule has 1 aromatic heterocycles. The number of anilines is 1. The monoisotopic (exact) mass is 1310 g/mol. The normalized spacial score (nSPS) is 17.8. The summed E-state index contributed by atoms with van der Waals surface area (Å²) in [6, 6.07) is 12.1. The maximum atomic E-state index is 14.8. The van der Waals surface area contributed by atoms with Gasteiger partial charge in [0.2, 0.25) is 47.3 Å². The number of thioether (sulfide) groups is 1. The number of methoxy groups -OCH3 is 2. The number of hydrogen-bond donors (Lipinski definition) is 5. The highest BCUT2D eigenvalue weighted by Crippen LogP contribution is 2.32. The predicted octanol–water partition coefficient (Wildman–Crippen LogP) is 6.76. The standard InChI is InChI=1S/C65H95N9O17S/c1-14-40(6)58(49(87-11)33-53(77)72-31-21-24-47(72)60(88-12)41(7)61(80)67-42(8)59(79)44-22-17-15-18-23-44)70(9)64(83)56(38(2)3)69-62(81)57(39(4)5)71(10)65(84)90-36-43-26-28-48(89-37-45-27-29-55(91-45)74(85)86)46(32-43)68-52(76)35-66-51(75)25-19-16-20-30-73-54(78)34-50(92-13)63(73)82/h15,17-18,22-23,26-29,32,38-42,47,49-50,56-60,79H,14,16,19-21,24-25,30-31,33-37H2,1-13H3,(H,66,75)(H,67,80)(H,68,76)(H,69,81)/t40-,41+,42+,47-,49+,50?,56-,57-,58-,59+,60+/m0/s1. The van der Waals surface area contributed by atoms with Crippen molar-refractivity contribution in [2.45, 2.75) is 180 Å². The molecule has 2 aliphatic heterocycles. The molecule has 1 unspecified atom stereocenters. The smallest absolute Gasteiger partial charge is 0.433 e. The lowest BCUT2D eigenvalue weighted by Crippen LogP contribution is -2.60. The molecule has 27 heteroatoms. The van der Waals surface area contributed by atoms with Crippen molar-refractivity contribution in [2.75, 3.05) is 59.5 Å². The molecule has 0 radical (unpaired) electrons. The molecule has 11 atom stereocenters. The van der Waals surface area contributed by atoms with Gasteiger partial charge in [0, 0.05) is 54.2 Å². The number of likely N-dealkylation sites (N-methyl/N-ethyl adjacent to an activating group) is 2. The molecule has 0 saturated carbocycles. The number of amides is 9. The van der Waals surface area contributed by atoms with E-state index in [2.05, 4.69) is 21.3 Å². The molecule has 2 aromatic carbocycles. The minimum Gasteiger partial charge on any atom is -0.483 e. The van der Waals surface area contributed by atoms with Gasteiger partial charge in [0.05, 0.1) is 72.3 Å². The van der Waals surface area contributed by atoms with E-state index >= 15 is 0 Å². The number of imide groups is 1. The zero-order valence-corrected chi connectivity index (χ0v) is 56.1. The number of aliphatic hydroxyl groups excluding tert-OH is 1. The lowest BCUT2D eigenvalue weighted by Gasteiger charge is -2.41. The number of carbonyl (C=O) groups excluding carboxylic acids is 9. The topological polar surface area (TPSA) is 328 Å². The van der Waals surface area contributed by atoms with E-state index < -0.39 is 113 Å². The minimum atomic E-state index is -1.14. The number of unbranched alkanes of at least 4 members (excludes halogenated alkanes) is 2. The van der Waals surface area contributed by atoms with Crippen molar-refractivity contribution in [3.05, 3.63) is 87.7 Å². The molecule has 0 bridgehead atoms. The van der Waals surface area contributed by atoms with Crippen molar-refractivity contribution >= 4 is 76.7 Å². The second-order valence-corrected chi connectivity index (χ2v) is 25.4. The van der Waals surface area contributed by atoms with Crippen LogP contribution >= 0.6 is 11.8 Å². The molecule has 3 aromatic rings. The molecule has 9 amide bonds. The van der Waals surface area contributed by atoms with E-state index in [1.807, 2.05) is 32.0 Å². The molecule has 3 heterocycles. The molecule has 92 heavy (non-hydrogen) atoms. The SMILES string of the molecule is CC[C@H](C)[C@@H]([C@@H](CC(=O)N1CCC[C@H]1[C@H](OC)[C@@H](C)C(=O)N[C@H](C)[C@@H](O)c1ccccc1)OC)N(C)C(=O)[C@@H](NC(=O)[C@H](C(C)C)N(C)C(=O)OCc1ccc(OCc2ccc([N+](=O)[O-])o2)c(NC(=O)CNC(=O)CCCCCN2C(=O)CC(SC)C2=O)c1)C(C)C. The molecular formula is C65H95N9O17S. The summed E-state index contributed by atoms with van der Waals surface area (Å²) in [4.78, 5) is 138. The lowest BCUT2D eigenvalue weighted by atomic mass is 9.89. The van der Waals surface area contributed by atoms with Crippen LogP contribution in [0.25, 0.3) is 0 Å². The van der Waals surface area contributed by atoms with Gasteiger partial charge in [0.25, 0.3) is 0 Å². The molecule has 2 saturated heterocycles. The number of furan rings is 1. The average Bonchev–Trinajstić information content (AvgIpc) is 2.55. The quantitative estimate of drug-likeness (QED) is 0.0174. The Morgan fingerprint density at radius 3 is 2.17 bits per heavy atom. The fourth-order valence-corrected chi connectivity index (χ4v) is 12.4. The summed E-state index contributed by atoms with van der Waals surface area (Å²) in [5.74, 6) is -5.25. The Labute approximate surface area is 543 Å². The van der Waals surface area contributed by atoms with Crippen LogP contribution in [0, 0.1) is 33.8 Å². The highest BCUT2D eigenvalue weighted by Gasteiger charge is 2.44. The summed E-state index contributed by atoms with van der Waals surface area (Å²) in [7, 11) is 6.01. The van der Waals surface area contributed by atoms with Gasteiger partial charge in [-0.1, -0.05) is 97.7 Å². The summed E-state index contributed by atoms with van der Waals surface area (Å²) in [6.07, 6.45) is 2.02. The summed E-state index contributed by atoms with van der Waals surface area (Å²) in [5.41, 5.74) is 1.11. The number of nitrogens with zero attached hydrogens (tertiary/aromatic N) is 5. The number of nitrogens with one attached hydrogen (secondary N) is 4. The Kier molecular flexibility index (Phi) is 29.4. The van der Waals surface area contributed by atoms with Gasteiger partial charge < -0.3 is 59.5 Å². The first kappa shape index (κ1) is 75.1. The molecule has 0 aliphatic carbocycles. The van der Waals surface area contributed by atoms with E-state index in [1.165, 1.54) is 67.1 Å². The van der Waals surface area contributed by atoms with Crippen LogP contribution in [0.5, 0.6) is 5.75 Å². The first-order valence-electron chi connectivity index (χ1n) is 31.4. The molecule has 2 aliphatic rings. The summed E-state index contributed by atoms with van der Waals surface area (Å²) < 4.78 is 28.9. The molecule has 2 fully saturated rings. The van der Waals surface area contributed by atoms with Gasteiger partial charge in [-0.2, -0.15) is 11.8 Å². The molecule has 26 nitrogen and oxygen atoms in total. The maximum absolute atomic E-state index is 14.8. The van der Waals surface area contributed by atoms with E-state index in [0.29, 0.717) is 56.2 Å². The van der Waals surface area contributed by atoms with Gasteiger partial charge in [-0.25, -0.2) is 4.79 Å². The van der Waals surface area contributed by atoms with Crippen LogP contribution in [0.2, 0.25) is 0 Å². The van der Waals surface area contributed by atoms with E-state index in [9.17, 15) is 58.4 Å². The average molecular weight is 1310 g/mol. The largest absolute Gasteiger partial charge is 0.483 e. The van der Waals surface area contributed by atoms with E-state index in [0.717, 1.165) is 4.90 Å². The first-order valence-corrected chi connectivity index (χ1v) is 32.7. The lowest BCUT2D eigenvalue weighted by molar-refractivity contribution is -0.402. The number of nitro groups is 1. The molecule has 0 spiro atoms. The summed E-state index contributed by atoms with van der Waals surface area (Å²) in [6.45, 7) is 14.0. The number of benzene rings is 2. The Bertz CT molecular complexity index is 3000. The number of carbonyl (C=O) groups is 9. The third kappa shape index (κ3) is 20.4. The maximum Gasteiger partial charge on any atom is 0.433 e. The number of aliphatic hydroxyl groups is 1. The van der Waals surface area contributed by atoms with Crippen LogP contribution in [0.3, 0.4) is 0 Å². The van der Waals surface area contributed by atoms with Crippen molar-refractivity contribution in [2.24, 2.45) is 23.7 Å². The zero-order chi connectivity index (χ0) is 68.1. The van der Waals surface area contributed by atoms with Crippen molar-refractivity contribution in [1.29, 1.82) is 0 Å². The number of rotatable bonds is 36. The van der Waals surface area contributed by atoms with Crippen LogP contribution in [0.1, 0.15) is 136 Å².